The van der Waals surface area contributed by atoms with Crippen LogP contribution in [-0.4, -0.2) is 59.9 Å². The monoisotopic (exact) mass is 432 g/mol. The number of cyclic esters (lactones) is 1. The summed E-state index contributed by atoms with van der Waals surface area (Å²) in [5.41, 5.74) is 0. The molecule has 8 heteroatoms. The van der Waals surface area contributed by atoms with Gasteiger partial charge >= 0.3 is 5.97 Å². The van der Waals surface area contributed by atoms with E-state index in [0.29, 0.717) is 13.2 Å². The molecule has 0 aromatic heterocycles. The van der Waals surface area contributed by atoms with Gasteiger partial charge in [-0.25, -0.2) is 4.79 Å². The highest BCUT2D eigenvalue weighted by Gasteiger charge is 2.60. The lowest BCUT2D eigenvalue weighted by atomic mass is 10.0. The molecule has 0 saturated carbocycles. The van der Waals surface area contributed by atoms with E-state index < -0.39 is 40.7 Å². The first-order valence-corrected chi connectivity index (χ1v) is 16.1. The Morgan fingerprint density at radius 1 is 0.893 bits per heavy atom. The second kappa shape index (κ2) is 7.46. The van der Waals surface area contributed by atoms with Gasteiger partial charge in [-0.1, -0.05) is 41.5 Å². The smallest absolute Gasteiger partial charge is 0.337 e. The summed E-state index contributed by atoms with van der Waals surface area (Å²) in [5, 5.41) is -0.0415. The minimum atomic E-state index is -2.22. The average molecular weight is 433 g/mol. The third-order valence-corrected chi connectivity index (χ3v) is 15.8. The van der Waals surface area contributed by atoms with Crippen LogP contribution in [0.2, 0.25) is 36.3 Å². The molecule has 2 rings (SSSR count). The molecule has 2 aliphatic heterocycles. The number of carbonyl (C=O) groups excluding carboxylic acids is 1. The molecule has 0 amide bonds. The minimum absolute atomic E-state index is 0.0109. The highest BCUT2D eigenvalue weighted by Crippen LogP contribution is 2.44. The van der Waals surface area contributed by atoms with Gasteiger partial charge in [0.1, 0.15) is 6.10 Å². The second-order valence-electron chi connectivity index (χ2n) is 11.2. The molecule has 6 nitrogen and oxygen atoms in total. The molecule has 2 saturated heterocycles. The maximum atomic E-state index is 12.9. The Balaban J connectivity index is 2.40. The van der Waals surface area contributed by atoms with E-state index in [1.54, 1.807) is 0 Å². The predicted molar refractivity (Wildman–Crippen MR) is 114 cm³/mol. The van der Waals surface area contributed by atoms with Crippen molar-refractivity contribution in [2.45, 2.75) is 109 Å². The summed E-state index contributed by atoms with van der Waals surface area (Å²) in [6.45, 7) is 24.4. The first-order chi connectivity index (χ1) is 12.4. The maximum Gasteiger partial charge on any atom is 0.337 e. The summed E-state index contributed by atoms with van der Waals surface area (Å²) in [5.74, 6) is -1.38. The molecule has 0 unspecified atom stereocenters. The fourth-order valence-corrected chi connectivity index (χ4v) is 5.40. The molecule has 0 radical (unpaired) electrons. The van der Waals surface area contributed by atoms with Crippen LogP contribution in [0.4, 0.5) is 0 Å². The van der Waals surface area contributed by atoms with Crippen molar-refractivity contribution in [2.75, 3.05) is 13.2 Å². The van der Waals surface area contributed by atoms with Crippen LogP contribution in [0, 0.1) is 0 Å². The number of hydrogen-bond acceptors (Lipinski definition) is 6. The van der Waals surface area contributed by atoms with Crippen molar-refractivity contribution in [3.05, 3.63) is 0 Å². The van der Waals surface area contributed by atoms with Gasteiger partial charge < -0.3 is 23.1 Å². The van der Waals surface area contributed by atoms with Crippen molar-refractivity contribution in [3.8, 4) is 0 Å². The second-order valence-corrected chi connectivity index (χ2v) is 20.7. The Hall–Kier alpha value is -0.256. The number of rotatable bonds is 5. The van der Waals surface area contributed by atoms with Crippen molar-refractivity contribution < 1.29 is 27.9 Å². The van der Waals surface area contributed by atoms with E-state index >= 15 is 0 Å². The molecule has 3 atom stereocenters. The fraction of sp³-hybridized carbons (Fsp3) is 0.950. The van der Waals surface area contributed by atoms with Crippen LogP contribution in [0.15, 0.2) is 0 Å². The van der Waals surface area contributed by atoms with Crippen LogP contribution >= 0.6 is 0 Å². The van der Waals surface area contributed by atoms with E-state index in [4.69, 9.17) is 23.1 Å². The summed E-state index contributed by atoms with van der Waals surface area (Å²) in [6.07, 6.45) is -1.96. The minimum Gasteiger partial charge on any atom is -0.452 e. The molecule has 0 spiro atoms. The summed E-state index contributed by atoms with van der Waals surface area (Å²) >= 11 is 0. The molecule has 164 valence electrons. The SMILES string of the molecule is CC1([C@@H]2OC(=O)[C@@H](O[Si](C)(C)C(C)(C)C)[C@@H]2O[Si](C)(C)C(C)(C)C)OCCO1. The van der Waals surface area contributed by atoms with Gasteiger partial charge in [0.15, 0.2) is 28.8 Å². The lowest BCUT2D eigenvalue weighted by Gasteiger charge is -2.43. The number of hydrogen-bond donors (Lipinski definition) is 0. The molecule has 2 fully saturated rings. The molecular formula is C20H40O6Si2. The van der Waals surface area contributed by atoms with E-state index in [1.165, 1.54) is 0 Å². The van der Waals surface area contributed by atoms with Gasteiger partial charge in [0.2, 0.25) is 5.79 Å². The largest absolute Gasteiger partial charge is 0.452 e. The van der Waals surface area contributed by atoms with Crippen LogP contribution < -0.4 is 0 Å². The Morgan fingerprint density at radius 2 is 1.32 bits per heavy atom. The number of esters is 1. The highest BCUT2D eigenvalue weighted by molar-refractivity contribution is 6.74. The van der Waals surface area contributed by atoms with Gasteiger partial charge in [0, 0.05) is 0 Å². The van der Waals surface area contributed by atoms with Crippen molar-refractivity contribution in [2.24, 2.45) is 0 Å². The Morgan fingerprint density at radius 3 is 1.75 bits per heavy atom. The predicted octanol–water partition coefficient (Wildman–Crippen LogP) is 4.46. The number of carbonyl (C=O) groups is 1. The fourth-order valence-electron chi connectivity index (χ4n) is 2.90. The Bertz CT molecular complexity index is 584. The van der Waals surface area contributed by atoms with E-state index in [-0.39, 0.29) is 16.0 Å². The third-order valence-electron chi connectivity index (χ3n) is 6.91. The zero-order valence-corrected chi connectivity index (χ0v) is 21.6. The lowest BCUT2D eigenvalue weighted by molar-refractivity contribution is -0.224. The molecule has 0 aromatic carbocycles. The number of ether oxygens (including phenoxy) is 3. The highest BCUT2D eigenvalue weighted by atomic mass is 28.4. The lowest BCUT2D eigenvalue weighted by Crippen LogP contribution is -2.57. The molecular weight excluding hydrogens is 392 g/mol. The van der Waals surface area contributed by atoms with Crippen molar-refractivity contribution in [1.29, 1.82) is 0 Å². The molecule has 0 bridgehead atoms. The first-order valence-electron chi connectivity index (χ1n) is 10.3. The zero-order valence-electron chi connectivity index (χ0n) is 19.6. The van der Waals surface area contributed by atoms with Gasteiger partial charge in [-0.3, -0.25) is 0 Å². The van der Waals surface area contributed by atoms with Gasteiger partial charge in [0.05, 0.1) is 13.2 Å². The van der Waals surface area contributed by atoms with Crippen LogP contribution in [0.5, 0.6) is 0 Å². The summed E-state index contributed by atoms with van der Waals surface area (Å²) < 4.78 is 30.7. The van der Waals surface area contributed by atoms with Gasteiger partial charge in [0.25, 0.3) is 0 Å². The van der Waals surface area contributed by atoms with Crippen molar-refractivity contribution in [3.63, 3.8) is 0 Å². The van der Waals surface area contributed by atoms with Crippen molar-refractivity contribution >= 4 is 22.6 Å². The maximum absolute atomic E-state index is 12.9. The molecule has 0 aliphatic carbocycles. The van der Waals surface area contributed by atoms with Crippen molar-refractivity contribution in [1.82, 2.24) is 0 Å². The van der Waals surface area contributed by atoms with E-state index in [1.807, 2.05) is 6.92 Å². The van der Waals surface area contributed by atoms with E-state index in [0.717, 1.165) is 0 Å². The third kappa shape index (κ3) is 4.57. The van der Waals surface area contributed by atoms with E-state index in [2.05, 4.69) is 67.7 Å². The van der Waals surface area contributed by atoms with E-state index in [9.17, 15) is 4.79 Å². The molecule has 2 aliphatic rings. The normalized spacial score (nSPS) is 29.2. The van der Waals surface area contributed by atoms with Crippen LogP contribution in [0.1, 0.15) is 48.5 Å². The molecule has 0 aromatic rings. The summed E-state index contributed by atoms with van der Waals surface area (Å²) in [4.78, 5) is 12.9. The molecule has 0 N–H and O–H groups in total. The van der Waals surface area contributed by atoms with Gasteiger partial charge in [-0.15, -0.1) is 0 Å². The Kier molecular flexibility index (Phi) is 6.40. The summed E-state index contributed by atoms with van der Waals surface area (Å²) in [7, 11) is -4.41. The molecule has 28 heavy (non-hydrogen) atoms. The van der Waals surface area contributed by atoms with Crippen LogP contribution in [-0.2, 0) is 27.9 Å². The standard InChI is InChI=1S/C20H40O6Si2/c1-18(2,3)27(8,9)25-14-15(26-28(10,11)19(4,5)6)17(21)24-16(14)20(7)22-12-13-23-20/h14-16H,12-13H2,1-11H3/t14-,15-,16+/m0/s1. The molecule has 2 heterocycles. The van der Waals surface area contributed by atoms with Crippen LogP contribution in [0.25, 0.3) is 0 Å². The topological polar surface area (TPSA) is 63.2 Å². The Labute approximate surface area is 172 Å². The first kappa shape index (κ1) is 24.0. The average Bonchev–Trinajstić information content (AvgIpc) is 3.04. The van der Waals surface area contributed by atoms with Gasteiger partial charge in [-0.2, -0.15) is 0 Å². The zero-order chi connectivity index (χ0) is 21.8. The van der Waals surface area contributed by atoms with Crippen LogP contribution in [0.3, 0.4) is 0 Å². The summed E-state index contributed by atoms with van der Waals surface area (Å²) in [6, 6.07) is 0. The quantitative estimate of drug-likeness (QED) is 0.472. The van der Waals surface area contributed by atoms with Gasteiger partial charge in [-0.05, 0) is 43.2 Å².